The van der Waals surface area contributed by atoms with Gasteiger partial charge in [0.1, 0.15) is 5.69 Å². The molecule has 0 bridgehead atoms. The van der Waals surface area contributed by atoms with Gasteiger partial charge in [0.25, 0.3) is 5.56 Å². The monoisotopic (exact) mass is 531 g/mol. The number of carbonyl (C=O) groups excluding carboxylic acids is 1. The van der Waals surface area contributed by atoms with Gasteiger partial charge in [-0.15, -0.1) is 0 Å². The molecule has 1 amide bonds. The first kappa shape index (κ1) is 25.6. The van der Waals surface area contributed by atoms with Crippen molar-refractivity contribution < 1.29 is 27.1 Å². The Morgan fingerprint density at radius 3 is 2.71 bits per heavy atom. The smallest absolute Gasteiger partial charge is 0.418 e. The van der Waals surface area contributed by atoms with Gasteiger partial charge in [-0.1, -0.05) is 0 Å². The Balaban J connectivity index is 1.67. The first-order chi connectivity index (χ1) is 18.1. The number of hydrogen-bond donors (Lipinski definition) is 2. The van der Waals surface area contributed by atoms with Crippen molar-refractivity contribution in [2.45, 2.75) is 32.0 Å². The molecule has 0 unspecified atom stereocenters. The zero-order valence-corrected chi connectivity index (χ0v) is 20.7. The number of nitrogens with zero attached hydrogens (tertiary/aromatic N) is 3. The zero-order valence-electron chi connectivity index (χ0n) is 20.7. The van der Waals surface area contributed by atoms with E-state index in [4.69, 9.17) is 4.74 Å². The van der Waals surface area contributed by atoms with Gasteiger partial charge in [0, 0.05) is 49.4 Å². The maximum Gasteiger partial charge on any atom is 0.418 e. The molecule has 38 heavy (non-hydrogen) atoms. The molecular weight excluding hydrogens is 506 g/mol. The van der Waals surface area contributed by atoms with Crippen molar-refractivity contribution >= 4 is 17.3 Å². The third-order valence-corrected chi connectivity index (χ3v) is 6.77. The maximum absolute atomic E-state index is 14.1. The van der Waals surface area contributed by atoms with Gasteiger partial charge in [-0.05, 0) is 49.2 Å². The Morgan fingerprint density at radius 1 is 1.21 bits per heavy atom. The summed E-state index contributed by atoms with van der Waals surface area (Å²) in [6, 6.07) is 7.48. The molecule has 2 aliphatic heterocycles. The second kappa shape index (κ2) is 9.66. The van der Waals surface area contributed by atoms with Gasteiger partial charge < -0.3 is 20.3 Å². The van der Waals surface area contributed by atoms with Crippen molar-refractivity contribution in [1.29, 1.82) is 0 Å². The van der Waals surface area contributed by atoms with Crippen LogP contribution in [0.2, 0.25) is 0 Å². The minimum Gasteiger partial charge on any atom is -0.494 e. The molecule has 0 aliphatic carbocycles. The minimum atomic E-state index is -4.76. The first-order valence-electron chi connectivity index (χ1n) is 12.0. The summed E-state index contributed by atoms with van der Waals surface area (Å²) in [5.74, 6) is -0.839. The van der Waals surface area contributed by atoms with E-state index in [-0.39, 0.29) is 29.1 Å². The number of nitrogens with one attached hydrogen (secondary N) is 2. The highest BCUT2D eigenvalue weighted by Gasteiger charge is 2.36. The van der Waals surface area contributed by atoms with E-state index in [2.05, 4.69) is 15.7 Å². The Bertz CT molecular complexity index is 1470. The lowest BCUT2D eigenvalue weighted by atomic mass is 10.0. The first-order valence-corrected chi connectivity index (χ1v) is 12.0. The summed E-state index contributed by atoms with van der Waals surface area (Å²) in [6.07, 6.45) is -3.70. The van der Waals surface area contributed by atoms with Crippen molar-refractivity contribution in [1.82, 2.24) is 15.1 Å². The standard InChI is InChI=1S/C26H25F4N5O3/c1-14(36)32-16-8-10-34(13-16)17-4-5-19(26(28,29)30)21(12-17)35-25(37)24-18(7-9-31-24)23(33-35)15-3-6-20(27)22(11-15)38-2/h3-6,11-12,16,31H,7-10,13H2,1-2H3,(H,32,36)/t16-/m1/s1. The van der Waals surface area contributed by atoms with Gasteiger partial charge in [-0.3, -0.25) is 9.59 Å². The fourth-order valence-electron chi connectivity index (χ4n) is 5.03. The number of carbonyl (C=O) groups is 1. The molecule has 3 heterocycles. The topological polar surface area (TPSA) is 88.5 Å². The predicted octanol–water partition coefficient (Wildman–Crippen LogP) is 3.75. The molecular formula is C26H25F4N5O3. The minimum absolute atomic E-state index is 0.0532. The van der Waals surface area contributed by atoms with Crippen LogP contribution in [0.25, 0.3) is 16.9 Å². The van der Waals surface area contributed by atoms with E-state index < -0.39 is 28.8 Å². The maximum atomic E-state index is 14.1. The molecule has 1 atom stereocenters. The lowest BCUT2D eigenvalue weighted by molar-refractivity contribution is -0.137. The van der Waals surface area contributed by atoms with Crippen LogP contribution in [0.5, 0.6) is 5.75 Å². The summed E-state index contributed by atoms with van der Waals surface area (Å²) in [6.45, 7) is 2.75. The fourth-order valence-corrected chi connectivity index (χ4v) is 5.03. The van der Waals surface area contributed by atoms with Gasteiger partial charge in [-0.25, -0.2) is 4.39 Å². The number of anilines is 2. The molecule has 8 nitrogen and oxygen atoms in total. The van der Waals surface area contributed by atoms with E-state index in [0.717, 1.165) is 10.7 Å². The fraction of sp³-hybridized carbons (Fsp3) is 0.346. The van der Waals surface area contributed by atoms with Crippen LogP contribution in [-0.2, 0) is 17.4 Å². The summed E-state index contributed by atoms with van der Waals surface area (Å²) in [5.41, 5.74) is -0.328. The SMILES string of the molecule is COc1cc(-c2nn(-c3cc(N4CC[C@@H](NC(C)=O)C4)ccc3C(F)(F)F)c(=O)c3c2CCN3)ccc1F. The van der Waals surface area contributed by atoms with Crippen LogP contribution in [-0.4, -0.2) is 48.5 Å². The number of fused-ring (bicyclic) bond motifs is 1. The molecule has 2 aliphatic rings. The van der Waals surface area contributed by atoms with E-state index in [1.165, 1.54) is 44.4 Å². The summed E-state index contributed by atoms with van der Waals surface area (Å²) < 4.78 is 62.3. The summed E-state index contributed by atoms with van der Waals surface area (Å²) >= 11 is 0. The number of methoxy groups -OCH3 is 1. The molecule has 1 saturated heterocycles. The second-order valence-corrected chi connectivity index (χ2v) is 9.28. The predicted molar refractivity (Wildman–Crippen MR) is 133 cm³/mol. The highest BCUT2D eigenvalue weighted by Crippen LogP contribution is 2.38. The third kappa shape index (κ3) is 4.66. The summed E-state index contributed by atoms with van der Waals surface area (Å²) in [5, 5.41) is 10.2. The van der Waals surface area contributed by atoms with Gasteiger partial charge in [0.2, 0.25) is 5.91 Å². The van der Waals surface area contributed by atoms with Crippen LogP contribution >= 0.6 is 0 Å². The number of rotatable bonds is 5. The van der Waals surface area contributed by atoms with Gasteiger partial charge >= 0.3 is 6.18 Å². The van der Waals surface area contributed by atoms with E-state index in [0.29, 0.717) is 49.3 Å². The van der Waals surface area contributed by atoms with E-state index >= 15 is 0 Å². The normalized spacial score (nSPS) is 16.8. The Labute approximate surface area is 215 Å². The number of alkyl halides is 3. The van der Waals surface area contributed by atoms with Crippen LogP contribution < -0.4 is 25.8 Å². The molecule has 200 valence electrons. The number of aromatic nitrogens is 2. The Hall–Kier alpha value is -4.09. The number of halogens is 4. The third-order valence-electron chi connectivity index (χ3n) is 6.77. The van der Waals surface area contributed by atoms with Crippen molar-refractivity contribution in [3.63, 3.8) is 0 Å². The summed E-state index contributed by atoms with van der Waals surface area (Å²) in [7, 11) is 1.30. The Kier molecular flexibility index (Phi) is 6.49. The molecule has 1 aromatic heterocycles. The van der Waals surface area contributed by atoms with Gasteiger partial charge in [0.05, 0.1) is 24.1 Å². The molecule has 2 aromatic carbocycles. The van der Waals surface area contributed by atoms with Crippen LogP contribution in [0.1, 0.15) is 24.5 Å². The van der Waals surface area contributed by atoms with Crippen LogP contribution in [0.15, 0.2) is 41.2 Å². The van der Waals surface area contributed by atoms with E-state index in [1.807, 2.05) is 4.90 Å². The molecule has 0 saturated carbocycles. The van der Waals surface area contributed by atoms with Crippen LogP contribution in [0, 0.1) is 5.82 Å². The highest BCUT2D eigenvalue weighted by atomic mass is 19.4. The largest absolute Gasteiger partial charge is 0.494 e. The molecule has 0 spiro atoms. The van der Waals surface area contributed by atoms with E-state index in [1.54, 1.807) is 0 Å². The number of amides is 1. The summed E-state index contributed by atoms with van der Waals surface area (Å²) in [4.78, 5) is 26.7. The number of ether oxygens (including phenoxy) is 1. The molecule has 1 fully saturated rings. The van der Waals surface area contributed by atoms with Crippen molar-refractivity contribution in [2.24, 2.45) is 0 Å². The van der Waals surface area contributed by atoms with Crippen molar-refractivity contribution in [2.75, 3.05) is 37.0 Å². The second-order valence-electron chi connectivity index (χ2n) is 9.28. The zero-order chi connectivity index (χ0) is 27.2. The van der Waals surface area contributed by atoms with Crippen LogP contribution in [0.3, 0.4) is 0 Å². The van der Waals surface area contributed by atoms with Crippen molar-refractivity contribution in [3.05, 3.63) is 63.7 Å². The molecule has 5 rings (SSSR count). The lowest BCUT2D eigenvalue weighted by Crippen LogP contribution is -2.35. The van der Waals surface area contributed by atoms with Crippen LogP contribution in [0.4, 0.5) is 28.9 Å². The Morgan fingerprint density at radius 2 is 2.00 bits per heavy atom. The number of benzene rings is 2. The number of hydrogen-bond acceptors (Lipinski definition) is 6. The lowest BCUT2D eigenvalue weighted by Gasteiger charge is -2.22. The quantitative estimate of drug-likeness (QED) is 0.488. The van der Waals surface area contributed by atoms with Gasteiger partial charge in [-0.2, -0.15) is 23.0 Å². The average molecular weight is 532 g/mol. The molecule has 0 radical (unpaired) electrons. The highest BCUT2D eigenvalue weighted by molar-refractivity contribution is 5.74. The molecule has 2 N–H and O–H groups in total. The molecule has 3 aromatic rings. The van der Waals surface area contributed by atoms with Gasteiger partial charge in [0.15, 0.2) is 11.6 Å². The molecule has 12 heteroatoms. The van der Waals surface area contributed by atoms with E-state index in [9.17, 15) is 27.2 Å². The van der Waals surface area contributed by atoms with Crippen molar-refractivity contribution in [3.8, 4) is 22.7 Å². The average Bonchev–Trinajstić information content (AvgIpc) is 3.54.